The fraction of sp³-hybridized carbons (Fsp3) is 0.263. The first-order valence-corrected chi connectivity index (χ1v) is 8.06. The maximum absolute atomic E-state index is 12.0. The van der Waals surface area contributed by atoms with Gasteiger partial charge in [0.15, 0.2) is 6.61 Å². The van der Waals surface area contributed by atoms with Gasteiger partial charge in [0, 0.05) is 38.4 Å². The van der Waals surface area contributed by atoms with Crippen LogP contribution in [0.25, 0.3) is 0 Å². The van der Waals surface area contributed by atoms with Crippen LogP contribution in [0.15, 0.2) is 54.6 Å². The number of ether oxygens (including phenoxy) is 1. The molecule has 2 N–H and O–H groups in total. The highest BCUT2D eigenvalue weighted by Gasteiger charge is 2.06. The normalized spacial score (nSPS) is 10.0. The molecule has 0 aliphatic carbocycles. The summed E-state index contributed by atoms with van der Waals surface area (Å²) in [5, 5.41) is 5.47. The number of para-hydroxylation sites is 1. The summed E-state index contributed by atoms with van der Waals surface area (Å²) in [6.45, 7) is 0.647. The van der Waals surface area contributed by atoms with E-state index < -0.39 is 0 Å². The molecule has 0 aliphatic heterocycles. The summed E-state index contributed by atoms with van der Waals surface area (Å²) in [5.74, 6) is 0.251. The van der Waals surface area contributed by atoms with Crippen molar-refractivity contribution in [1.29, 1.82) is 0 Å². The van der Waals surface area contributed by atoms with Crippen molar-refractivity contribution in [3.05, 3.63) is 60.2 Å². The third-order valence-electron chi connectivity index (χ3n) is 3.49. The Morgan fingerprint density at radius 3 is 2.20 bits per heavy atom. The zero-order valence-corrected chi connectivity index (χ0v) is 14.5. The number of carbonyl (C=O) groups excluding carboxylic acids is 2. The maximum atomic E-state index is 12.0. The Labute approximate surface area is 147 Å². The molecule has 2 rings (SSSR count). The molecule has 0 atom stereocenters. The van der Waals surface area contributed by atoms with E-state index in [1.54, 1.807) is 24.3 Å². The topological polar surface area (TPSA) is 70.7 Å². The second-order valence-corrected chi connectivity index (χ2v) is 5.65. The summed E-state index contributed by atoms with van der Waals surface area (Å²) in [6, 6.07) is 16.5. The van der Waals surface area contributed by atoms with Crippen LogP contribution in [0.3, 0.4) is 0 Å². The fourth-order valence-corrected chi connectivity index (χ4v) is 2.11. The molecule has 0 heterocycles. The summed E-state index contributed by atoms with van der Waals surface area (Å²) in [7, 11) is 3.89. The van der Waals surface area contributed by atoms with Crippen LogP contribution in [0, 0.1) is 0 Å². The quantitative estimate of drug-likeness (QED) is 0.717. The highest BCUT2D eigenvalue weighted by Crippen LogP contribution is 2.12. The molecule has 0 saturated carbocycles. The van der Waals surface area contributed by atoms with E-state index in [0.717, 1.165) is 5.69 Å². The molecule has 0 spiro atoms. The van der Waals surface area contributed by atoms with Crippen molar-refractivity contribution in [1.82, 2.24) is 10.6 Å². The van der Waals surface area contributed by atoms with Gasteiger partial charge in [-0.2, -0.15) is 0 Å². The minimum absolute atomic E-state index is 0.0516. The van der Waals surface area contributed by atoms with E-state index in [4.69, 9.17) is 4.74 Å². The number of hydrogen-bond donors (Lipinski definition) is 2. The molecule has 2 aromatic carbocycles. The van der Waals surface area contributed by atoms with Crippen molar-refractivity contribution in [2.24, 2.45) is 0 Å². The average molecular weight is 341 g/mol. The monoisotopic (exact) mass is 341 g/mol. The van der Waals surface area contributed by atoms with Crippen LogP contribution in [-0.4, -0.2) is 45.6 Å². The van der Waals surface area contributed by atoms with Crippen molar-refractivity contribution in [2.75, 3.05) is 38.7 Å². The van der Waals surface area contributed by atoms with E-state index in [-0.39, 0.29) is 18.4 Å². The molecule has 0 radical (unpaired) electrons. The van der Waals surface area contributed by atoms with Crippen molar-refractivity contribution < 1.29 is 14.3 Å². The average Bonchev–Trinajstić information content (AvgIpc) is 2.64. The number of rotatable bonds is 8. The van der Waals surface area contributed by atoms with Gasteiger partial charge in [0.1, 0.15) is 5.75 Å². The summed E-state index contributed by atoms with van der Waals surface area (Å²) >= 11 is 0. The van der Waals surface area contributed by atoms with E-state index in [0.29, 0.717) is 24.4 Å². The van der Waals surface area contributed by atoms with Gasteiger partial charge in [-0.15, -0.1) is 0 Å². The minimum atomic E-state index is -0.228. The molecular formula is C19H23N3O3. The molecule has 0 aliphatic rings. The Bertz CT molecular complexity index is 685. The Balaban J connectivity index is 1.64. The summed E-state index contributed by atoms with van der Waals surface area (Å²) in [5.41, 5.74) is 1.62. The lowest BCUT2D eigenvalue weighted by molar-refractivity contribution is -0.123. The lowest BCUT2D eigenvalue weighted by Crippen LogP contribution is -2.36. The number of nitrogens with zero attached hydrogens (tertiary/aromatic N) is 1. The molecule has 2 aromatic rings. The molecule has 6 heteroatoms. The molecule has 6 nitrogen and oxygen atoms in total. The molecule has 0 aromatic heterocycles. The van der Waals surface area contributed by atoms with Gasteiger partial charge in [0.05, 0.1) is 0 Å². The van der Waals surface area contributed by atoms with Crippen LogP contribution in [0.4, 0.5) is 5.69 Å². The van der Waals surface area contributed by atoms with Gasteiger partial charge in [-0.1, -0.05) is 18.2 Å². The van der Waals surface area contributed by atoms with E-state index in [1.165, 1.54) is 0 Å². The van der Waals surface area contributed by atoms with E-state index in [2.05, 4.69) is 10.6 Å². The van der Waals surface area contributed by atoms with E-state index in [1.807, 2.05) is 49.3 Å². The zero-order chi connectivity index (χ0) is 18.1. The van der Waals surface area contributed by atoms with Gasteiger partial charge < -0.3 is 20.3 Å². The van der Waals surface area contributed by atoms with Crippen molar-refractivity contribution >= 4 is 17.5 Å². The minimum Gasteiger partial charge on any atom is -0.484 e. The number of hydrogen-bond acceptors (Lipinski definition) is 4. The molecule has 132 valence electrons. The van der Waals surface area contributed by atoms with E-state index in [9.17, 15) is 9.59 Å². The van der Waals surface area contributed by atoms with Gasteiger partial charge in [0.2, 0.25) is 0 Å². The van der Waals surface area contributed by atoms with Crippen molar-refractivity contribution in [2.45, 2.75) is 0 Å². The Morgan fingerprint density at radius 2 is 1.56 bits per heavy atom. The third kappa shape index (κ3) is 6.18. The van der Waals surface area contributed by atoms with Crippen molar-refractivity contribution in [3.63, 3.8) is 0 Å². The first-order valence-electron chi connectivity index (χ1n) is 8.06. The predicted octanol–water partition coefficient (Wildman–Crippen LogP) is 1.68. The number of amides is 2. The fourth-order valence-electron chi connectivity index (χ4n) is 2.11. The van der Waals surface area contributed by atoms with Crippen LogP contribution in [0.1, 0.15) is 10.4 Å². The van der Waals surface area contributed by atoms with Crippen LogP contribution >= 0.6 is 0 Å². The SMILES string of the molecule is CN(C)c1ccc(C(=O)NCCNC(=O)COc2ccccc2)cc1. The summed E-state index contributed by atoms with van der Waals surface area (Å²) in [4.78, 5) is 25.7. The summed E-state index contributed by atoms with van der Waals surface area (Å²) < 4.78 is 5.34. The van der Waals surface area contributed by atoms with Crippen LogP contribution in [-0.2, 0) is 4.79 Å². The third-order valence-corrected chi connectivity index (χ3v) is 3.49. The van der Waals surface area contributed by atoms with Gasteiger partial charge in [-0.3, -0.25) is 9.59 Å². The maximum Gasteiger partial charge on any atom is 0.258 e. The highest BCUT2D eigenvalue weighted by atomic mass is 16.5. The van der Waals surface area contributed by atoms with Crippen LogP contribution < -0.4 is 20.3 Å². The van der Waals surface area contributed by atoms with Gasteiger partial charge in [-0.25, -0.2) is 0 Å². The second-order valence-electron chi connectivity index (χ2n) is 5.65. The van der Waals surface area contributed by atoms with Gasteiger partial charge in [-0.05, 0) is 36.4 Å². The van der Waals surface area contributed by atoms with Crippen LogP contribution in [0.2, 0.25) is 0 Å². The van der Waals surface area contributed by atoms with E-state index >= 15 is 0 Å². The number of anilines is 1. The Morgan fingerprint density at radius 1 is 0.920 bits per heavy atom. The van der Waals surface area contributed by atoms with Gasteiger partial charge >= 0.3 is 0 Å². The lowest BCUT2D eigenvalue weighted by Gasteiger charge is -2.12. The number of nitrogens with one attached hydrogen (secondary N) is 2. The van der Waals surface area contributed by atoms with Gasteiger partial charge in [0.25, 0.3) is 11.8 Å². The molecule has 25 heavy (non-hydrogen) atoms. The highest BCUT2D eigenvalue weighted by molar-refractivity contribution is 5.94. The first-order chi connectivity index (χ1) is 12.1. The molecule has 2 amide bonds. The van der Waals surface area contributed by atoms with Crippen LogP contribution in [0.5, 0.6) is 5.75 Å². The van der Waals surface area contributed by atoms with Crippen molar-refractivity contribution in [3.8, 4) is 5.75 Å². The second kappa shape index (κ2) is 9.32. The molecule has 0 saturated heterocycles. The number of carbonyl (C=O) groups is 2. The molecule has 0 fully saturated rings. The molecular weight excluding hydrogens is 318 g/mol. The zero-order valence-electron chi connectivity index (χ0n) is 14.5. The Hall–Kier alpha value is -3.02. The summed E-state index contributed by atoms with van der Waals surface area (Å²) in [6.07, 6.45) is 0. The molecule has 0 bridgehead atoms. The molecule has 0 unspecified atom stereocenters. The first kappa shape index (κ1) is 18.3. The number of benzene rings is 2. The Kier molecular flexibility index (Phi) is 6.83. The smallest absolute Gasteiger partial charge is 0.258 e. The lowest BCUT2D eigenvalue weighted by atomic mass is 10.2. The standard InChI is InChI=1S/C19H23N3O3/c1-22(2)16-10-8-15(9-11-16)19(24)21-13-12-20-18(23)14-25-17-6-4-3-5-7-17/h3-11H,12-14H2,1-2H3,(H,20,23)(H,21,24). The largest absolute Gasteiger partial charge is 0.484 e. The predicted molar refractivity (Wildman–Crippen MR) is 98.0 cm³/mol.